The quantitative estimate of drug-likeness (QED) is 0.201. The number of H-pyrrole nitrogens is 1. The van der Waals surface area contributed by atoms with Crippen molar-refractivity contribution in [3.63, 3.8) is 0 Å². The largest absolute Gasteiger partial charge is 0.507 e. The number of nitrogens with one attached hydrogen (secondary N) is 1. The third-order valence-corrected chi connectivity index (χ3v) is 6.67. The molecule has 9 nitrogen and oxygen atoms in total. The molecule has 5 aromatic rings. The number of ketones is 1. The van der Waals surface area contributed by atoms with Gasteiger partial charge in [0.25, 0.3) is 5.78 Å². The smallest absolute Gasteiger partial charge is 0.302 e. The van der Waals surface area contributed by atoms with E-state index in [2.05, 4.69) is 15.0 Å². The first-order chi connectivity index (χ1) is 18.5. The number of Topliss-reactive ketones (excluding diaryl/α,β-unsaturated/α-hetero) is 1. The van der Waals surface area contributed by atoms with E-state index in [1.807, 2.05) is 30.3 Å². The number of aliphatic hydroxyl groups is 1. The Hall–Kier alpha value is -5.18. The summed E-state index contributed by atoms with van der Waals surface area (Å²) in [6.45, 7) is 0. The van der Waals surface area contributed by atoms with Crippen molar-refractivity contribution >= 4 is 45.2 Å². The van der Waals surface area contributed by atoms with Crippen LogP contribution in [0.1, 0.15) is 17.2 Å². The number of amides is 1. The van der Waals surface area contributed by atoms with Crippen molar-refractivity contribution in [3.05, 3.63) is 95.8 Å². The van der Waals surface area contributed by atoms with Crippen LogP contribution in [0.15, 0.2) is 84.7 Å². The molecule has 2 N–H and O–H groups in total. The van der Waals surface area contributed by atoms with Gasteiger partial charge in [-0.3, -0.25) is 19.5 Å². The molecule has 38 heavy (non-hydrogen) atoms. The molecule has 1 amide bonds. The maximum Gasteiger partial charge on any atom is 0.302 e. The number of benzene rings is 3. The van der Waals surface area contributed by atoms with Crippen LogP contribution in [0.2, 0.25) is 0 Å². The summed E-state index contributed by atoms with van der Waals surface area (Å²) < 4.78 is 10.8. The lowest BCUT2D eigenvalue weighted by molar-refractivity contribution is -0.132. The molecule has 188 valence electrons. The number of carbonyl (C=O) groups excluding carboxylic acids is 2. The number of carbonyl (C=O) groups is 2. The standard InChI is InChI=1S/C29H22N4O5/c1-37-22-13-20-21(14-23(22)38-2)32-29(31-20)33-25(19-8-5-11-30-15-19)24(27(35)28(33)36)26(34)18-10-9-16-6-3-4-7-17(16)12-18/h3-15,25,34H,1-2H3,(H,31,32)/b26-24+. The lowest BCUT2D eigenvalue weighted by Gasteiger charge is -2.22. The summed E-state index contributed by atoms with van der Waals surface area (Å²) in [5.74, 6) is -0.814. The Morgan fingerprint density at radius 3 is 2.45 bits per heavy atom. The van der Waals surface area contributed by atoms with E-state index in [9.17, 15) is 14.7 Å². The summed E-state index contributed by atoms with van der Waals surface area (Å²) >= 11 is 0. The van der Waals surface area contributed by atoms with E-state index in [0.29, 0.717) is 33.7 Å². The van der Waals surface area contributed by atoms with E-state index < -0.39 is 17.7 Å². The molecule has 1 aliphatic heterocycles. The first-order valence-corrected chi connectivity index (χ1v) is 11.8. The van der Waals surface area contributed by atoms with E-state index >= 15 is 0 Å². The van der Waals surface area contributed by atoms with Crippen LogP contribution in [0.5, 0.6) is 11.5 Å². The topological polar surface area (TPSA) is 118 Å². The van der Waals surface area contributed by atoms with Crippen LogP contribution < -0.4 is 14.4 Å². The van der Waals surface area contributed by atoms with Gasteiger partial charge in [0.1, 0.15) is 5.76 Å². The molecule has 3 heterocycles. The van der Waals surface area contributed by atoms with Crippen LogP contribution in [0.4, 0.5) is 5.95 Å². The average molecular weight is 507 g/mol. The van der Waals surface area contributed by atoms with Gasteiger partial charge < -0.3 is 19.6 Å². The molecule has 1 saturated heterocycles. The monoisotopic (exact) mass is 506 g/mol. The Balaban J connectivity index is 1.54. The van der Waals surface area contributed by atoms with Crippen LogP contribution in [-0.2, 0) is 9.59 Å². The fourth-order valence-corrected chi connectivity index (χ4v) is 4.83. The molecule has 0 saturated carbocycles. The Morgan fingerprint density at radius 2 is 1.71 bits per heavy atom. The number of imidazole rings is 1. The summed E-state index contributed by atoms with van der Waals surface area (Å²) in [4.78, 5) is 40.1. The summed E-state index contributed by atoms with van der Waals surface area (Å²) in [5, 5.41) is 13.3. The second kappa shape index (κ2) is 9.04. The van der Waals surface area contributed by atoms with Crippen molar-refractivity contribution in [2.24, 2.45) is 0 Å². The lowest BCUT2D eigenvalue weighted by Crippen LogP contribution is -2.30. The fourth-order valence-electron chi connectivity index (χ4n) is 4.83. The summed E-state index contributed by atoms with van der Waals surface area (Å²) in [6.07, 6.45) is 3.16. The molecule has 0 spiro atoms. The second-order valence-electron chi connectivity index (χ2n) is 8.80. The molecule has 1 fully saturated rings. The number of pyridine rings is 1. The summed E-state index contributed by atoms with van der Waals surface area (Å²) in [5.41, 5.74) is 2.02. The van der Waals surface area contributed by atoms with Crippen molar-refractivity contribution in [1.29, 1.82) is 0 Å². The minimum Gasteiger partial charge on any atom is -0.507 e. The number of hydrogen-bond acceptors (Lipinski definition) is 7. The van der Waals surface area contributed by atoms with Crippen molar-refractivity contribution < 1.29 is 24.2 Å². The molecule has 1 unspecified atom stereocenters. The highest BCUT2D eigenvalue weighted by molar-refractivity contribution is 6.51. The summed E-state index contributed by atoms with van der Waals surface area (Å²) in [7, 11) is 3.04. The second-order valence-corrected chi connectivity index (χ2v) is 8.80. The van der Waals surface area contributed by atoms with E-state index in [0.717, 1.165) is 10.8 Å². The van der Waals surface area contributed by atoms with E-state index in [4.69, 9.17) is 9.47 Å². The minimum atomic E-state index is -0.959. The van der Waals surface area contributed by atoms with Crippen molar-refractivity contribution in [2.45, 2.75) is 6.04 Å². The molecule has 0 bridgehead atoms. The number of fused-ring (bicyclic) bond motifs is 2. The van der Waals surface area contributed by atoms with Crippen LogP contribution in [0.25, 0.3) is 27.6 Å². The van der Waals surface area contributed by atoms with Gasteiger partial charge in [-0.05, 0) is 28.5 Å². The van der Waals surface area contributed by atoms with E-state index in [1.54, 1.807) is 48.8 Å². The normalized spacial score (nSPS) is 16.9. The van der Waals surface area contributed by atoms with Gasteiger partial charge in [0.15, 0.2) is 11.5 Å². The van der Waals surface area contributed by atoms with Gasteiger partial charge in [0.05, 0.1) is 36.9 Å². The van der Waals surface area contributed by atoms with Crippen LogP contribution >= 0.6 is 0 Å². The zero-order valence-corrected chi connectivity index (χ0v) is 20.5. The molecule has 1 atom stereocenters. The summed E-state index contributed by atoms with van der Waals surface area (Å²) in [6, 6.07) is 19.0. The predicted molar refractivity (Wildman–Crippen MR) is 142 cm³/mol. The number of hydrogen-bond donors (Lipinski definition) is 2. The number of aromatic amines is 1. The number of methoxy groups -OCH3 is 2. The highest BCUT2D eigenvalue weighted by Gasteiger charge is 2.48. The number of anilines is 1. The lowest BCUT2D eigenvalue weighted by atomic mass is 9.95. The predicted octanol–water partition coefficient (Wildman–Crippen LogP) is 4.75. The van der Waals surface area contributed by atoms with Crippen molar-refractivity contribution in [1.82, 2.24) is 15.0 Å². The van der Waals surface area contributed by atoms with Crippen molar-refractivity contribution in [3.8, 4) is 11.5 Å². The number of aromatic nitrogens is 3. The molecule has 2 aromatic heterocycles. The molecule has 1 aliphatic rings. The molecule has 3 aromatic carbocycles. The van der Waals surface area contributed by atoms with E-state index in [-0.39, 0.29) is 17.3 Å². The highest BCUT2D eigenvalue weighted by Crippen LogP contribution is 2.42. The molecule has 0 radical (unpaired) electrons. The molecule has 0 aliphatic carbocycles. The third-order valence-electron chi connectivity index (χ3n) is 6.67. The minimum absolute atomic E-state index is 0.0473. The SMILES string of the molecule is COc1cc2nc(N3C(=O)C(=O)/C(=C(/O)c4ccc5ccccc5c4)C3c3cccnc3)[nH]c2cc1OC. The Bertz CT molecular complexity index is 1720. The van der Waals surface area contributed by atoms with Crippen LogP contribution in [-0.4, -0.2) is 46.0 Å². The highest BCUT2D eigenvalue weighted by atomic mass is 16.5. The number of ether oxygens (including phenoxy) is 2. The fraction of sp³-hybridized carbons (Fsp3) is 0.103. The van der Waals surface area contributed by atoms with Gasteiger partial charge >= 0.3 is 5.91 Å². The molecule has 6 rings (SSSR count). The Morgan fingerprint density at radius 1 is 0.947 bits per heavy atom. The molecular formula is C29H22N4O5. The van der Waals surface area contributed by atoms with Gasteiger partial charge in [-0.15, -0.1) is 0 Å². The van der Waals surface area contributed by atoms with Crippen LogP contribution in [0, 0.1) is 0 Å². The average Bonchev–Trinajstić information content (AvgIpc) is 3.49. The molecular weight excluding hydrogens is 484 g/mol. The number of aliphatic hydroxyl groups excluding tert-OH is 1. The Labute approximate surface area is 217 Å². The Kier molecular flexibility index (Phi) is 5.53. The first kappa shape index (κ1) is 23.2. The van der Waals surface area contributed by atoms with Gasteiger partial charge in [-0.25, -0.2) is 4.98 Å². The van der Waals surface area contributed by atoms with Crippen molar-refractivity contribution in [2.75, 3.05) is 19.1 Å². The third kappa shape index (κ3) is 3.64. The van der Waals surface area contributed by atoms with E-state index in [1.165, 1.54) is 19.1 Å². The first-order valence-electron chi connectivity index (χ1n) is 11.8. The number of nitrogens with zero attached hydrogens (tertiary/aromatic N) is 3. The van der Waals surface area contributed by atoms with Crippen LogP contribution in [0.3, 0.4) is 0 Å². The number of rotatable bonds is 5. The van der Waals surface area contributed by atoms with Gasteiger partial charge in [-0.2, -0.15) is 0 Å². The zero-order valence-electron chi connectivity index (χ0n) is 20.5. The van der Waals surface area contributed by atoms with Gasteiger partial charge in [0.2, 0.25) is 5.95 Å². The maximum atomic E-state index is 13.5. The maximum absolute atomic E-state index is 13.5. The molecule has 9 heteroatoms. The van der Waals surface area contributed by atoms with Gasteiger partial charge in [0, 0.05) is 30.1 Å². The van der Waals surface area contributed by atoms with Gasteiger partial charge in [-0.1, -0.05) is 42.5 Å². The zero-order chi connectivity index (χ0) is 26.4.